The highest BCUT2D eigenvalue weighted by molar-refractivity contribution is 7.87. The Morgan fingerprint density at radius 2 is 1.89 bits per heavy atom. The van der Waals surface area contributed by atoms with Crippen molar-refractivity contribution in [3.05, 3.63) is 0 Å². The third-order valence-electron chi connectivity index (χ3n) is 3.87. The van der Waals surface area contributed by atoms with Gasteiger partial charge in [0.25, 0.3) is 10.2 Å². The molecule has 0 aromatic carbocycles. The van der Waals surface area contributed by atoms with Crippen molar-refractivity contribution in [2.24, 2.45) is 5.92 Å². The fourth-order valence-electron chi connectivity index (χ4n) is 2.89. The fourth-order valence-corrected chi connectivity index (χ4v) is 4.31. The number of nitrogens with one attached hydrogen (secondary N) is 1. The normalized spacial score (nSPS) is 37.6. The lowest BCUT2D eigenvalue weighted by molar-refractivity contribution is -0.0444. The number of hydrogen-bond donors (Lipinski definition) is 2. The zero-order chi connectivity index (χ0) is 14.0. The molecule has 2 rings (SSSR count). The zero-order valence-corrected chi connectivity index (χ0v) is 12.4. The van der Waals surface area contributed by atoms with Gasteiger partial charge in [0, 0.05) is 19.6 Å². The van der Waals surface area contributed by atoms with E-state index in [9.17, 15) is 13.5 Å². The molecule has 19 heavy (non-hydrogen) atoms. The number of nitrogens with zero attached hydrogens (tertiary/aromatic N) is 1. The first-order valence-corrected chi connectivity index (χ1v) is 8.40. The van der Waals surface area contributed by atoms with Gasteiger partial charge in [-0.05, 0) is 32.6 Å². The highest BCUT2D eigenvalue weighted by Gasteiger charge is 2.32. The molecule has 6 nitrogen and oxygen atoms in total. The first-order chi connectivity index (χ1) is 8.88. The Bertz CT molecular complexity index is 391. The number of ether oxygens (including phenoxy) is 1. The summed E-state index contributed by atoms with van der Waals surface area (Å²) < 4.78 is 34.0. The van der Waals surface area contributed by atoms with Crippen LogP contribution in [0.4, 0.5) is 0 Å². The summed E-state index contributed by atoms with van der Waals surface area (Å²) in [5.41, 5.74) is 0. The lowest BCUT2D eigenvalue weighted by Gasteiger charge is -2.34. The van der Waals surface area contributed by atoms with E-state index in [0.29, 0.717) is 19.6 Å². The molecule has 1 saturated carbocycles. The van der Waals surface area contributed by atoms with E-state index < -0.39 is 10.2 Å². The van der Waals surface area contributed by atoms with E-state index in [2.05, 4.69) is 4.72 Å². The van der Waals surface area contributed by atoms with Crippen LogP contribution in [0.15, 0.2) is 0 Å². The summed E-state index contributed by atoms with van der Waals surface area (Å²) in [5.74, 6) is 0.0469. The van der Waals surface area contributed by atoms with E-state index in [1.165, 1.54) is 4.31 Å². The number of hydrogen-bond acceptors (Lipinski definition) is 4. The van der Waals surface area contributed by atoms with Gasteiger partial charge in [-0.3, -0.25) is 0 Å². The minimum Gasteiger partial charge on any atom is -0.393 e. The van der Waals surface area contributed by atoms with Crippen LogP contribution in [0, 0.1) is 5.92 Å². The second-order valence-corrected chi connectivity index (χ2v) is 7.44. The van der Waals surface area contributed by atoms with Crippen molar-refractivity contribution in [3.8, 4) is 0 Å². The lowest BCUT2D eigenvalue weighted by Crippen LogP contribution is -2.52. The van der Waals surface area contributed by atoms with Gasteiger partial charge in [0.2, 0.25) is 0 Å². The van der Waals surface area contributed by atoms with E-state index in [1.807, 2.05) is 13.8 Å². The van der Waals surface area contributed by atoms with E-state index >= 15 is 0 Å². The second kappa shape index (κ2) is 6.05. The summed E-state index contributed by atoms with van der Waals surface area (Å²) in [5, 5.41) is 9.71. The Hall–Kier alpha value is -0.210. The van der Waals surface area contributed by atoms with Gasteiger partial charge in [-0.25, -0.2) is 4.72 Å². The molecule has 0 amide bonds. The van der Waals surface area contributed by atoms with E-state index in [0.717, 1.165) is 19.3 Å². The van der Waals surface area contributed by atoms with Crippen LogP contribution in [0.3, 0.4) is 0 Å². The fraction of sp³-hybridized carbons (Fsp3) is 1.00. The summed E-state index contributed by atoms with van der Waals surface area (Å²) in [4.78, 5) is 0. The molecule has 4 atom stereocenters. The number of aliphatic hydroxyl groups excluding tert-OH is 1. The smallest absolute Gasteiger partial charge is 0.279 e. The molecule has 0 bridgehead atoms. The standard InChI is InChI=1S/C12H24N2O4S/c1-9-7-14(8-10(2)18-9)19(16,17)13-6-11-4-3-5-12(11)15/h9-13,15H,3-8H2,1-2H3. The van der Waals surface area contributed by atoms with E-state index in [4.69, 9.17) is 4.74 Å². The van der Waals surface area contributed by atoms with E-state index in [-0.39, 0.29) is 24.2 Å². The van der Waals surface area contributed by atoms with Crippen molar-refractivity contribution in [1.82, 2.24) is 9.03 Å². The van der Waals surface area contributed by atoms with Crippen LogP contribution in [0.25, 0.3) is 0 Å². The average molecular weight is 292 g/mol. The van der Waals surface area contributed by atoms with E-state index in [1.54, 1.807) is 0 Å². The zero-order valence-electron chi connectivity index (χ0n) is 11.6. The molecule has 2 fully saturated rings. The third-order valence-corrected chi connectivity index (χ3v) is 5.38. The Kier molecular flexibility index (Phi) is 4.84. The number of rotatable bonds is 4. The molecule has 1 heterocycles. The second-order valence-electron chi connectivity index (χ2n) is 5.69. The highest BCUT2D eigenvalue weighted by atomic mass is 32.2. The van der Waals surface area contributed by atoms with Crippen LogP contribution >= 0.6 is 0 Å². The Balaban J connectivity index is 1.90. The molecule has 112 valence electrons. The molecule has 0 aromatic heterocycles. The molecular weight excluding hydrogens is 268 g/mol. The Labute approximate surface area is 115 Å². The molecular formula is C12H24N2O4S. The molecule has 2 N–H and O–H groups in total. The molecule has 0 spiro atoms. The minimum atomic E-state index is -3.47. The van der Waals surface area contributed by atoms with Crippen LogP contribution in [-0.2, 0) is 14.9 Å². The van der Waals surface area contributed by atoms with Crippen molar-refractivity contribution in [2.45, 2.75) is 51.4 Å². The summed E-state index contributed by atoms with van der Waals surface area (Å²) in [6, 6.07) is 0. The van der Waals surface area contributed by atoms with Crippen LogP contribution in [0.5, 0.6) is 0 Å². The molecule has 1 aliphatic heterocycles. The molecule has 1 aliphatic carbocycles. The van der Waals surface area contributed by atoms with Gasteiger partial charge in [-0.2, -0.15) is 12.7 Å². The van der Waals surface area contributed by atoms with Crippen molar-refractivity contribution >= 4 is 10.2 Å². The molecule has 0 aromatic rings. The van der Waals surface area contributed by atoms with Crippen LogP contribution in [0.1, 0.15) is 33.1 Å². The quantitative estimate of drug-likeness (QED) is 0.770. The van der Waals surface area contributed by atoms with Crippen molar-refractivity contribution in [2.75, 3.05) is 19.6 Å². The maximum Gasteiger partial charge on any atom is 0.279 e. The van der Waals surface area contributed by atoms with Crippen LogP contribution in [-0.4, -0.2) is 55.8 Å². The topological polar surface area (TPSA) is 78.9 Å². The van der Waals surface area contributed by atoms with Gasteiger partial charge in [-0.15, -0.1) is 0 Å². The molecule has 0 radical (unpaired) electrons. The summed E-state index contributed by atoms with van der Waals surface area (Å²) >= 11 is 0. The molecule has 7 heteroatoms. The predicted molar refractivity (Wildman–Crippen MR) is 71.9 cm³/mol. The van der Waals surface area contributed by atoms with Gasteiger partial charge in [0.1, 0.15) is 0 Å². The van der Waals surface area contributed by atoms with Gasteiger partial charge in [0.15, 0.2) is 0 Å². The predicted octanol–water partition coefficient (Wildman–Crippen LogP) is 0.0910. The monoisotopic (exact) mass is 292 g/mol. The van der Waals surface area contributed by atoms with Gasteiger partial charge in [0.05, 0.1) is 18.3 Å². The maximum absolute atomic E-state index is 12.2. The summed E-state index contributed by atoms with van der Waals surface area (Å²) in [6.07, 6.45) is 2.09. The minimum absolute atomic E-state index is 0.0469. The van der Waals surface area contributed by atoms with Gasteiger partial charge in [-0.1, -0.05) is 6.42 Å². The first-order valence-electron chi connectivity index (χ1n) is 6.96. The number of morpholine rings is 1. The van der Waals surface area contributed by atoms with Crippen molar-refractivity contribution in [1.29, 1.82) is 0 Å². The Morgan fingerprint density at radius 1 is 1.26 bits per heavy atom. The molecule has 1 saturated heterocycles. The molecule has 2 aliphatic rings. The highest BCUT2D eigenvalue weighted by Crippen LogP contribution is 2.25. The first kappa shape index (κ1) is 15.2. The number of aliphatic hydroxyl groups is 1. The van der Waals surface area contributed by atoms with Crippen molar-refractivity contribution in [3.63, 3.8) is 0 Å². The van der Waals surface area contributed by atoms with Crippen molar-refractivity contribution < 1.29 is 18.3 Å². The van der Waals surface area contributed by atoms with Crippen LogP contribution < -0.4 is 4.72 Å². The summed E-state index contributed by atoms with van der Waals surface area (Å²) in [7, 11) is -3.47. The largest absolute Gasteiger partial charge is 0.393 e. The molecule has 4 unspecified atom stereocenters. The Morgan fingerprint density at radius 3 is 2.42 bits per heavy atom. The SMILES string of the molecule is CC1CN(S(=O)(=O)NCC2CCCC2O)CC(C)O1. The van der Waals surface area contributed by atoms with Gasteiger partial charge < -0.3 is 9.84 Å². The third kappa shape index (κ3) is 3.88. The average Bonchev–Trinajstić information content (AvgIpc) is 2.71. The van der Waals surface area contributed by atoms with Crippen LogP contribution in [0.2, 0.25) is 0 Å². The summed E-state index contributed by atoms with van der Waals surface area (Å²) in [6.45, 7) is 4.83. The maximum atomic E-state index is 12.2. The van der Waals surface area contributed by atoms with Gasteiger partial charge >= 0.3 is 0 Å². The lowest BCUT2D eigenvalue weighted by atomic mass is 10.1.